The number of nitrogens with one attached hydrogen (secondary N) is 1. The molecule has 0 aliphatic rings. The SMILES string of the molecule is C=CC(C)Nc1cc(Cl)nc(SC)n1. The van der Waals surface area contributed by atoms with Crippen LogP contribution in [0.1, 0.15) is 6.92 Å². The first-order valence-electron chi connectivity index (χ1n) is 4.13. The minimum absolute atomic E-state index is 0.163. The zero-order valence-corrected chi connectivity index (χ0v) is 9.69. The Morgan fingerprint density at radius 3 is 2.93 bits per heavy atom. The van der Waals surface area contributed by atoms with E-state index in [-0.39, 0.29) is 6.04 Å². The van der Waals surface area contributed by atoms with E-state index < -0.39 is 0 Å². The van der Waals surface area contributed by atoms with Crippen LogP contribution in [0.2, 0.25) is 5.15 Å². The van der Waals surface area contributed by atoms with Gasteiger partial charge in [-0.05, 0) is 13.2 Å². The lowest BCUT2D eigenvalue weighted by Crippen LogP contribution is -2.12. The van der Waals surface area contributed by atoms with Crippen molar-refractivity contribution < 1.29 is 0 Å². The number of halogens is 1. The largest absolute Gasteiger partial charge is 0.364 e. The zero-order chi connectivity index (χ0) is 10.6. The second kappa shape index (κ2) is 5.22. The molecule has 1 rings (SSSR count). The number of hydrogen-bond acceptors (Lipinski definition) is 4. The van der Waals surface area contributed by atoms with Crippen molar-refractivity contribution >= 4 is 29.2 Å². The minimum Gasteiger partial charge on any atom is -0.364 e. The second-order valence-corrected chi connectivity index (χ2v) is 3.89. The van der Waals surface area contributed by atoms with Crippen LogP contribution in [0, 0.1) is 0 Å². The van der Waals surface area contributed by atoms with Gasteiger partial charge in [0.15, 0.2) is 5.16 Å². The Balaban J connectivity index is 2.86. The van der Waals surface area contributed by atoms with Gasteiger partial charge in [-0.25, -0.2) is 9.97 Å². The highest BCUT2D eigenvalue weighted by molar-refractivity contribution is 7.98. The van der Waals surface area contributed by atoms with E-state index in [4.69, 9.17) is 11.6 Å². The van der Waals surface area contributed by atoms with Crippen LogP contribution in [0.4, 0.5) is 5.82 Å². The quantitative estimate of drug-likeness (QED) is 0.373. The van der Waals surface area contributed by atoms with Gasteiger partial charge < -0.3 is 5.32 Å². The van der Waals surface area contributed by atoms with Crippen LogP contribution < -0.4 is 5.32 Å². The number of thioether (sulfide) groups is 1. The van der Waals surface area contributed by atoms with Gasteiger partial charge in [0.05, 0.1) is 0 Å². The third-order valence-electron chi connectivity index (χ3n) is 1.59. The van der Waals surface area contributed by atoms with Crippen LogP contribution >= 0.6 is 23.4 Å². The first-order valence-corrected chi connectivity index (χ1v) is 5.73. The lowest BCUT2D eigenvalue weighted by atomic mass is 10.3. The molecule has 14 heavy (non-hydrogen) atoms. The molecule has 1 atom stereocenters. The molecule has 0 saturated heterocycles. The molecule has 0 radical (unpaired) electrons. The first-order chi connectivity index (χ1) is 6.65. The number of rotatable bonds is 4. The molecule has 0 bridgehead atoms. The van der Waals surface area contributed by atoms with E-state index in [0.29, 0.717) is 10.3 Å². The predicted molar refractivity (Wildman–Crippen MR) is 62.1 cm³/mol. The summed E-state index contributed by atoms with van der Waals surface area (Å²) < 4.78 is 0. The molecule has 1 N–H and O–H groups in total. The molecule has 0 saturated carbocycles. The summed E-state index contributed by atoms with van der Waals surface area (Å²) in [5, 5.41) is 4.25. The van der Waals surface area contributed by atoms with Crippen LogP contribution in [-0.2, 0) is 0 Å². The Morgan fingerprint density at radius 2 is 2.36 bits per heavy atom. The Morgan fingerprint density at radius 1 is 1.64 bits per heavy atom. The summed E-state index contributed by atoms with van der Waals surface area (Å²) in [6.07, 6.45) is 3.71. The minimum atomic E-state index is 0.163. The fourth-order valence-corrected chi connectivity index (χ4v) is 1.47. The molecule has 0 spiro atoms. The predicted octanol–water partition coefficient (Wildman–Crippen LogP) is 2.84. The van der Waals surface area contributed by atoms with Gasteiger partial charge in [0.2, 0.25) is 0 Å². The highest BCUT2D eigenvalue weighted by Gasteiger charge is 2.03. The molecular weight excluding hydrogens is 218 g/mol. The van der Waals surface area contributed by atoms with E-state index in [1.807, 2.05) is 13.2 Å². The van der Waals surface area contributed by atoms with Crippen LogP contribution in [0.15, 0.2) is 23.9 Å². The Bertz CT molecular complexity index is 330. The number of nitrogens with zero attached hydrogens (tertiary/aromatic N) is 2. The van der Waals surface area contributed by atoms with Crippen molar-refractivity contribution in [2.45, 2.75) is 18.1 Å². The van der Waals surface area contributed by atoms with Gasteiger partial charge in [0, 0.05) is 12.1 Å². The molecule has 76 valence electrons. The summed E-state index contributed by atoms with van der Waals surface area (Å²) in [5.41, 5.74) is 0. The lowest BCUT2D eigenvalue weighted by Gasteiger charge is -2.10. The maximum absolute atomic E-state index is 5.83. The second-order valence-electron chi connectivity index (χ2n) is 2.73. The molecule has 0 aromatic carbocycles. The van der Waals surface area contributed by atoms with E-state index in [9.17, 15) is 0 Å². The maximum atomic E-state index is 5.83. The normalized spacial score (nSPS) is 12.2. The van der Waals surface area contributed by atoms with Crippen LogP contribution in [0.5, 0.6) is 0 Å². The molecule has 1 heterocycles. The van der Waals surface area contributed by atoms with Gasteiger partial charge >= 0.3 is 0 Å². The van der Waals surface area contributed by atoms with Crippen molar-refractivity contribution in [2.75, 3.05) is 11.6 Å². The molecule has 3 nitrogen and oxygen atoms in total. The molecule has 0 aliphatic carbocycles. The molecule has 1 unspecified atom stereocenters. The van der Waals surface area contributed by atoms with Gasteiger partial charge in [-0.3, -0.25) is 0 Å². The van der Waals surface area contributed by atoms with Crippen molar-refractivity contribution in [2.24, 2.45) is 0 Å². The number of aromatic nitrogens is 2. The Hall–Kier alpha value is -0.740. The molecular formula is C9H12ClN3S. The molecule has 0 aliphatic heterocycles. The number of hydrogen-bond donors (Lipinski definition) is 1. The lowest BCUT2D eigenvalue weighted by molar-refractivity contribution is 0.925. The zero-order valence-electron chi connectivity index (χ0n) is 8.12. The van der Waals surface area contributed by atoms with Gasteiger partial charge in [-0.2, -0.15) is 0 Å². The fourth-order valence-electron chi connectivity index (χ4n) is 0.854. The van der Waals surface area contributed by atoms with Crippen molar-refractivity contribution in [3.63, 3.8) is 0 Å². The van der Waals surface area contributed by atoms with Gasteiger partial charge in [-0.15, -0.1) is 6.58 Å². The third kappa shape index (κ3) is 3.20. The van der Waals surface area contributed by atoms with Crippen LogP contribution in [0.3, 0.4) is 0 Å². The van der Waals surface area contributed by atoms with E-state index in [1.54, 1.807) is 12.1 Å². The number of anilines is 1. The van der Waals surface area contributed by atoms with Crippen molar-refractivity contribution in [1.82, 2.24) is 9.97 Å². The van der Waals surface area contributed by atoms with E-state index in [0.717, 1.165) is 5.82 Å². The summed E-state index contributed by atoms with van der Waals surface area (Å²) in [6.45, 7) is 5.67. The van der Waals surface area contributed by atoms with Gasteiger partial charge in [-0.1, -0.05) is 29.4 Å². The maximum Gasteiger partial charge on any atom is 0.190 e. The monoisotopic (exact) mass is 229 g/mol. The Labute approximate surface area is 93.0 Å². The molecule has 0 fully saturated rings. The molecule has 0 amide bonds. The summed E-state index contributed by atoms with van der Waals surface area (Å²) >= 11 is 7.28. The average Bonchev–Trinajstić information content (AvgIpc) is 2.16. The van der Waals surface area contributed by atoms with Gasteiger partial charge in [0.25, 0.3) is 0 Å². The van der Waals surface area contributed by atoms with E-state index in [1.165, 1.54) is 11.8 Å². The summed E-state index contributed by atoms with van der Waals surface area (Å²) in [6, 6.07) is 1.86. The van der Waals surface area contributed by atoms with Crippen LogP contribution in [-0.4, -0.2) is 22.3 Å². The summed E-state index contributed by atoms with van der Waals surface area (Å²) in [7, 11) is 0. The van der Waals surface area contributed by atoms with Gasteiger partial charge in [0.1, 0.15) is 11.0 Å². The smallest absolute Gasteiger partial charge is 0.190 e. The van der Waals surface area contributed by atoms with E-state index >= 15 is 0 Å². The van der Waals surface area contributed by atoms with Crippen molar-refractivity contribution in [1.29, 1.82) is 0 Å². The summed E-state index contributed by atoms with van der Waals surface area (Å²) in [4.78, 5) is 8.29. The highest BCUT2D eigenvalue weighted by Crippen LogP contribution is 2.17. The first kappa shape index (κ1) is 11.3. The molecule has 1 aromatic rings. The molecule has 1 aromatic heterocycles. The van der Waals surface area contributed by atoms with Crippen LogP contribution in [0.25, 0.3) is 0 Å². The Kier molecular flexibility index (Phi) is 4.22. The average molecular weight is 230 g/mol. The van der Waals surface area contributed by atoms with E-state index in [2.05, 4.69) is 21.9 Å². The fraction of sp³-hybridized carbons (Fsp3) is 0.333. The topological polar surface area (TPSA) is 37.8 Å². The van der Waals surface area contributed by atoms with Crippen molar-refractivity contribution in [3.05, 3.63) is 23.9 Å². The van der Waals surface area contributed by atoms with Crippen molar-refractivity contribution in [3.8, 4) is 0 Å². The third-order valence-corrected chi connectivity index (χ3v) is 2.33. The standard InChI is InChI=1S/C9H12ClN3S/c1-4-6(2)11-8-5-7(10)12-9(13-8)14-3/h4-6H,1H2,2-3H3,(H,11,12,13). The highest BCUT2D eigenvalue weighted by atomic mass is 35.5. The summed E-state index contributed by atoms with van der Waals surface area (Å²) in [5.74, 6) is 0.724. The molecule has 5 heteroatoms.